The van der Waals surface area contributed by atoms with Crippen molar-refractivity contribution in [1.29, 1.82) is 0 Å². The normalized spacial score (nSPS) is 31.9. The van der Waals surface area contributed by atoms with Gasteiger partial charge in [-0.3, -0.25) is 0 Å². The van der Waals surface area contributed by atoms with Crippen LogP contribution in [0.4, 0.5) is 0 Å². The summed E-state index contributed by atoms with van der Waals surface area (Å²) in [6.45, 7) is 10.1. The highest BCUT2D eigenvalue weighted by atomic mass is 16.7. The van der Waals surface area contributed by atoms with Crippen molar-refractivity contribution >= 4 is 0 Å². The molecular formula is C21H38O8. The van der Waals surface area contributed by atoms with Gasteiger partial charge in [-0.2, -0.15) is 0 Å². The number of hydrogen-bond donors (Lipinski definition) is 6. The Balaban J connectivity index is 2.63. The summed E-state index contributed by atoms with van der Waals surface area (Å²) >= 11 is 0. The van der Waals surface area contributed by atoms with Crippen LogP contribution in [-0.4, -0.2) is 85.3 Å². The van der Waals surface area contributed by atoms with Crippen molar-refractivity contribution in [2.45, 2.75) is 101 Å². The lowest BCUT2D eigenvalue weighted by Gasteiger charge is -2.42. The van der Waals surface area contributed by atoms with Gasteiger partial charge in [-0.1, -0.05) is 17.7 Å². The van der Waals surface area contributed by atoms with Crippen LogP contribution in [0.3, 0.4) is 0 Å². The summed E-state index contributed by atoms with van der Waals surface area (Å²) in [6.07, 6.45) is -1.63. The largest absolute Gasteiger partial charge is 0.394 e. The molecule has 1 aliphatic rings. The van der Waals surface area contributed by atoms with E-state index in [4.69, 9.17) is 9.47 Å². The van der Waals surface area contributed by atoms with E-state index in [2.05, 4.69) is 6.58 Å². The first-order valence-corrected chi connectivity index (χ1v) is 10.0. The fourth-order valence-corrected chi connectivity index (χ4v) is 3.06. The van der Waals surface area contributed by atoms with Crippen LogP contribution in [0, 0.1) is 0 Å². The molecular weight excluding hydrogens is 380 g/mol. The Hall–Kier alpha value is -0.840. The number of rotatable bonds is 11. The molecule has 8 heteroatoms. The van der Waals surface area contributed by atoms with Gasteiger partial charge in [-0.05, 0) is 53.4 Å². The summed E-state index contributed by atoms with van der Waals surface area (Å²) in [4.78, 5) is 0. The molecule has 1 fully saturated rings. The van der Waals surface area contributed by atoms with Crippen molar-refractivity contribution < 1.29 is 40.1 Å². The van der Waals surface area contributed by atoms with Gasteiger partial charge in [0.05, 0.1) is 23.9 Å². The van der Waals surface area contributed by atoms with E-state index in [0.717, 1.165) is 5.57 Å². The van der Waals surface area contributed by atoms with Gasteiger partial charge in [0.25, 0.3) is 0 Å². The van der Waals surface area contributed by atoms with Gasteiger partial charge >= 0.3 is 0 Å². The number of aliphatic hydroxyl groups excluding tert-OH is 5. The number of ether oxygens (including phenoxy) is 2. The second-order valence-electron chi connectivity index (χ2n) is 8.63. The Morgan fingerprint density at radius 2 is 1.79 bits per heavy atom. The zero-order valence-electron chi connectivity index (χ0n) is 17.9. The van der Waals surface area contributed by atoms with E-state index < -0.39 is 54.6 Å². The van der Waals surface area contributed by atoms with E-state index in [1.54, 1.807) is 26.8 Å². The lowest BCUT2D eigenvalue weighted by Crippen LogP contribution is -2.60. The fraction of sp³-hybridized carbons (Fsp3) is 0.810. The molecule has 0 saturated carbocycles. The minimum atomic E-state index is -1.50. The van der Waals surface area contributed by atoms with Gasteiger partial charge in [0.1, 0.15) is 24.4 Å². The van der Waals surface area contributed by atoms with Gasteiger partial charge < -0.3 is 40.1 Å². The summed E-state index contributed by atoms with van der Waals surface area (Å²) < 4.78 is 11.2. The Morgan fingerprint density at radius 1 is 1.17 bits per heavy atom. The standard InChI is InChI=1S/C21H38O8/c1-6-21(5,11-7-8-13(2)9-10-15(23)20(3,4)27)29-19-18(26)17(25)16(24)14(12-22)28-19/h6,8,14-19,22-27H,1,7,9-12H2,2-5H3/b13-8+/t14-,15+,16-,17+,18-,19-,21-/m1/s1. The van der Waals surface area contributed by atoms with Gasteiger partial charge in [0.15, 0.2) is 6.29 Å². The zero-order valence-corrected chi connectivity index (χ0v) is 17.9. The Bertz CT molecular complexity index is 541. The van der Waals surface area contributed by atoms with Crippen molar-refractivity contribution in [3.63, 3.8) is 0 Å². The molecule has 0 aromatic heterocycles. The third-order valence-electron chi connectivity index (χ3n) is 5.43. The Labute approximate surface area is 173 Å². The molecule has 0 unspecified atom stereocenters. The zero-order chi connectivity index (χ0) is 22.4. The van der Waals surface area contributed by atoms with Crippen LogP contribution in [0.1, 0.15) is 53.4 Å². The molecule has 0 amide bonds. The molecule has 1 rings (SSSR count). The highest BCUT2D eigenvalue weighted by molar-refractivity contribution is 5.03. The van der Waals surface area contributed by atoms with Crippen molar-refractivity contribution in [2.24, 2.45) is 0 Å². The van der Waals surface area contributed by atoms with Gasteiger partial charge in [0.2, 0.25) is 0 Å². The predicted molar refractivity (Wildman–Crippen MR) is 108 cm³/mol. The summed E-state index contributed by atoms with van der Waals surface area (Å²) in [7, 11) is 0. The first-order valence-electron chi connectivity index (χ1n) is 10.0. The minimum Gasteiger partial charge on any atom is -0.394 e. The molecule has 0 bridgehead atoms. The highest BCUT2D eigenvalue weighted by Crippen LogP contribution is 2.29. The minimum absolute atomic E-state index is 0.450. The number of hydrogen-bond acceptors (Lipinski definition) is 8. The third kappa shape index (κ3) is 7.73. The SMILES string of the molecule is C=C[C@](C)(CC/C=C(\C)CC[C@H](O)C(C)(C)O)O[C@H]1O[C@H](CO)[C@@H](O)[C@H](O)[C@H]1O. The average molecular weight is 419 g/mol. The molecule has 0 aromatic carbocycles. The molecule has 170 valence electrons. The molecule has 7 atom stereocenters. The lowest BCUT2D eigenvalue weighted by atomic mass is 9.94. The topological polar surface area (TPSA) is 140 Å². The van der Waals surface area contributed by atoms with E-state index in [0.29, 0.717) is 25.7 Å². The van der Waals surface area contributed by atoms with Crippen molar-refractivity contribution in [1.82, 2.24) is 0 Å². The van der Waals surface area contributed by atoms with E-state index in [1.807, 2.05) is 13.0 Å². The summed E-state index contributed by atoms with van der Waals surface area (Å²) in [5.74, 6) is 0. The monoisotopic (exact) mass is 418 g/mol. The van der Waals surface area contributed by atoms with Crippen molar-refractivity contribution in [2.75, 3.05) is 6.61 Å². The molecule has 8 nitrogen and oxygen atoms in total. The smallest absolute Gasteiger partial charge is 0.187 e. The number of allylic oxidation sites excluding steroid dienone is 2. The maximum atomic E-state index is 10.1. The second-order valence-corrected chi connectivity index (χ2v) is 8.63. The molecule has 6 N–H and O–H groups in total. The highest BCUT2D eigenvalue weighted by Gasteiger charge is 2.45. The van der Waals surface area contributed by atoms with Crippen LogP contribution in [0.15, 0.2) is 24.3 Å². The summed E-state index contributed by atoms with van der Waals surface area (Å²) in [5, 5.41) is 58.9. The molecule has 0 aliphatic carbocycles. The lowest BCUT2D eigenvalue weighted by molar-refractivity contribution is -0.319. The van der Waals surface area contributed by atoms with Gasteiger partial charge in [-0.25, -0.2) is 0 Å². The molecule has 0 aromatic rings. The van der Waals surface area contributed by atoms with Gasteiger partial charge in [0, 0.05) is 0 Å². The van der Waals surface area contributed by atoms with Crippen LogP contribution in [-0.2, 0) is 9.47 Å². The van der Waals surface area contributed by atoms with E-state index in [1.165, 1.54) is 0 Å². The van der Waals surface area contributed by atoms with E-state index >= 15 is 0 Å². The summed E-state index contributed by atoms with van der Waals surface area (Å²) in [6, 6.07) is 0. The molecule has 0 spiro atoms. The van der Waals surface area contributed by atoms with Crippen molar-refractivity contribution in [3.8, 4) is 0 Å². The van der Waals surface area contributed by atoms with Crippen molar-refractivity contribution in [3.05, 3.63) is 24.3 Å². The molecule has 29 heavy (non-hydrogen) atoms. The Kier molecular flexibility index (Phi) is 9.91. The van der Waals surface area contributed by atoms with E-state index in [-0.39, 0.29) is 0 Å². The first kappa shape index (κ1) is 26.2. The molecule has 1 aliphatic heterocycles. The van der Waals surface area contributed by atoms with Crippen LogP contribution in [0.25, 0.3) is 0 Å². The predicted octanol–water partition coefficient (Wildman–Crippen LogP) is 0.386. The maximum absolute atomic E-state index is 10.1. The van der Waals surface area contributed by atoms with E-state index in [9.17, 15) is 30.6 Å². The first-order chi connectivity index (χ1) is 13.3. The quantitative estimate of drug-likeness (QED) is 0.265. The maximum Gasteiger partial charge on any atom is 0.187 e. The number of aliphatic hydroxyl groups is 6. The molecule has 1 saturated heterocycles. The average Bonchev–Trinajstić information content (AvgIpc) is 2.65. The fourth-order valence-electron chi connectivity index (χ4n) is 3.06. The summed E-state index contributed by atoms with van der Waals surface area (Å²) in [5.41, 5.74) is -0.953. The Morgan fingerprint density at radius 3 is 2.31 bits per heavy atom. The second kappa shape index (κ2) is 11.0. The van der Waals surface area contributed by atoms with Crippen LogP contribution >= 0.6 is 0 Å². The molecule has 1 heterocycles. The third-order valence-corrected chi connectivity index (χ3v) is 5.43. The molecule has 0 radical (unpaired) electrons. The van der Waals surface area contributed by atoms with Crippen LogP contribution in [0.2, 0.25) is 0 Å². The van der Waals surface area contributed by atoms with Crippen LogP contribution in [0.5, 0.6) is 0 Å². The van der Waals surface area contributed by atoms with Crippen LogP contribution < -0.4 is 0 Å². The van der Waals surface area contributed by atoms with Gasteiger partial charge in [-0.15, -0.1) is 6.58 Å².